The van der Waals surface area contributed by atoms with Crippen LogP contribution in [0.1, 0.15) is 0 Å². The lowest BCUT2D eigenvalue weighted by atomic mass is 10.1. The summed E-state index contributed by atoms with van der Waals surface area (Å²) in [6.45, 7) is 1.42. The van der Waals surface area contributed by atoms with Gasteiger partial charge < -0.3 is 20.2 Å². The number of hydrogen-bond acceptors (Lipinski definition) is 4. The van der Waals surface area contributed by atoms with E-state index in [0.29, 0.717) is 13.1 Å². The Labute approximate surface area is 81.5 Å². The van der Waals surface area contributed by atoms with E-state index in [4.69, 9.17) is 5.11 Å². The Balaban J connectivity index is 2.17. The topological polar surface area (TPSA) is 72.9 Å². The third kappa shape index (κ3) is 1.36. The number of nitrogens with one attached hydrogen (secondary N) is 1. The van der Waals surface area contributed by atoms with Crippen molar-refractivity contribution in [3.8, 4) is 0 Å². The summed E-state index contributed by atoms with van der Waals surface area (Å²) in [5.41, 5.74) is 0. The van der Waals surface area contributed by atoms with Crippen LogP contribution in [0.25, 0.3) is 0 Å². The fourth-order valence-corrected chi connectivity index (χ4v) is 1.89. The molecule has 6 heteroatoms. The molecule has 1 atom stereocenters. The van der Waals surface area contributed by atoms with Crippen LogP contribution in [-0.4, -0.2) is 65.7 Å². The number of amides is 2. The molecule has 0 radical (unpaired) electrons. The second kappa shape index (κ2) is 3.55. The van der Waals surface area contributed by atoms with Crippen molar-refractivity contribution in [1.29, 1.82) is 0 Å². The van der Waals surface area contributed by atoms with Crippen LogP contribution >= 0.6 is 0 Å². The monoisotopic (exact) mass is 199 g/mol. The predicted octanol–water partition coefficient (Wildman–Crippen LogP) is -2.42. The zero-order valence-corrected chi connectivity index (χ0v) is 7.77. The van der Waals surface area contributed by atoms with E-state index < -0.39 is 6.04 Å². The summed E-state index contributed by atoms with van der Waals surface area (Å²) >= 11 is 0. The first-order valence-electron chi connectivity index (χ1n) is 4.64. The second-order valence-electron chi connectivity index (χ2n) is 3.48. The molecule has 2 aliphatic rings. The molecule has 2 rings (SSSR count). The van der Waals surface area contributed by atoms with Crippen molar-refractivity contribution in [2.24, 2.45) is 0 Å². The Morgan fingerprint density at radius 1 is 1.50 bits per heavy atom. The van der Waals surface area contributed by atoms with Gasteiger partial charge in [0.15, 0.2) is 0 Å². The standard InChI is InChI=1S/C8H13N3O3/c12-5-10-4-7(13)11-2-1-9-3-6(11)8(10)14/h6,9,12H,1-5H2. The van der Waals surface area contributed by atoms with Crippen LogP contribution in [0.15, 0.2) is 0 Å². The maximum absolute atomic E-state index is 11.7. The quantitative estimate of drug-likeness (QED) is 0.493. The summed E-state index contributed by atoms with van der Waals surface area (Å²) < 4.78 is 0. The summed E-state index contributed by atoms with van der Waals surface area (Å²) in [5.74, 6) is -0.246. The average Bonchev–Trinajstić information content (AvgIpc) is 2.23. The van der Waals surface area contributed by atoms with Gasteiger partial charge in [-0.15, -0.1) is 0 Å². The molecule has 2 heterocycles. The molecule has 2 fully saturated rings. The van der Waals surface area contributed by atoms with E-state index in [9.17, 15) is 9.59 Å². The van der Waals surface area contributed by atoms with E-state index >= 15 is 0 Å². The van der Waals surface area contributed by atoms with Gasteiger partial charge in [0.1, 0.15) is 19.3 Å². The van der Waals surface area contributed by atoms with Crippen molar-refractivity contribution >= 4 is 11.8 Å². The molecule has 0 spiro atoms. The fraction of sp³-hybridized carbons (Fsp3) is 0.750. The zero-order valence-electron chi connectivity index (χ0n) is 7.77. The first kappa shape index (κ1) is 9.42. The van der Waals surface area contributed by atoms with Crippen LogP contribution in [0.4, 0.5) is 0 Å². The third-order valence-electron chi connectivity index (χ3n) is 2.66. The van der Waals surface area contributed by atoms with E-state index in [-0.39, 0.29) is 25.1 Å². The molecule has 0 aromatic heterocycles. The van der Waals surface area contributed by atoms with Crippen LogP contribution in [0.2, 0.25) is 0 Å². The molecule has 0 bridgehead atoms. The van der Waals surface area contributed by atoms with Crippen LogP contribution in [-0.2, 0) is 9.59 Å². The smallest absolute Gasteiger partial charge is 0.248 e. The molecule has 0 aromatic rings. The van der Waals surface area contributed by atoms with Crippen LogP contribution in [0.5, 0.6) is 0 Å². The minimum atomic E-state index is -0.419. The molecule has 1 unspecified atom stereocenters. The van der Waals surface area contributed by atoms with Gasteiger partial charge in [0.05, 0.1) is 0 Å². The molecule has 0 saturated carbocycles. The molecule has 78 valence electrons. The SMILES string of the molecule is O=C1C2CNCCN2C(=O)CN1CO. The molecule has 0 aliphatic carbocycles. The number of carbonyl (C=O) groups is 2. The van der Waals surface area contributed by atoms with Gasteiger partial charge in [-0.1, -0.05) is 0 Å². The number of nitrogens with zero attached hydrogens (tertiary/aromatic N) is 2. The van der Waals surface area contributed by atoms with Gasteiger partial charge in [-0.2, -0.15) is 0 Å². The van der Waals surface area contributed by atoms with Crippen molar-refractivity contribution in [1.82, 2.24) is 15.1 Å². The molecule has 2 amide bonds. The summed E-state index contributed by atoms with van der Waals surface area (Å²) in [6, 6.07) is -0.419. The number of hydrogen-bond donors (Lipinski definition) is 2. The Hall–Kier alpha value is -1.14. The fourth-order valence-electron chi connectivity index (χ4n) is 1.89. The maximum Gasteiger partial charge on any atom is 0.248 e. The first-order chi connectivity index (χ1) is 6.74. The number of carbonyl (C=O) groups excluding carboxylic acids is 2. The van der Waals surface area contributed by atoms with Gasteiger partial charge in [0.25, 0.3) is 0 Å². The summed E-state index contributed by atoms with van der Waals surface area (Å²) in [6.07, 6.45) is 0. The van der Waals surface area contributed by atoms with E-state index in [1.807, 2.05) is 0 Å². The van der Waals surface area contributed by atoms with Crippen LogP contribution in [0, 0.1) is 0 Å². The normalized spacial score (nSPS) is 27.9. The lowest BCUT2D eigenvalue weighted by molar-refractivity contribution is -0.160. The number of rotatable bonds is 1. The third-order valence-corrected chi connectivity index (χ3v) is 2.66. The van der Waals surface area contributed by atoms with Crippen molar-refractivity contribution in [3.63, 3.8) is 0 Å². The van der Waals surface area contributed by atoms with E-state index in [0.717, 1.165) is 6.54 Å². The number of fused-ring (bicyclic) bond motifs is 1. The highest BCUT2D eigenvalue weighted by molar-refractivity contribution is 5.95. The molecule has 14 heavy (non-hydrogen) atoms. The summed E-state index contributed by atoms with van der Waals surface area (Å²) in [4.78, 5) is 26.0. The van der Waals surface area contributed by atoms with Gasteiger partial charge in [0, 0.05) is 19.6 Å². The van der Waals surface area contributed by atoms with Crippen LogP contribution < -0.4 is 5.32 Å². The lowest BCUT2D eigenvalue weighted by Gasteiger charge is -2.42. The van der Waals surface area contributed by atoms with Crippen molar-refractivity contribution in [3.05, 3.63) is 0 Å². The van der Waals surface area contributed by atoms with E-state index in [1.165, 1.54) is 4.90 Å². The Kier molecular flexibility index (Phi) is 2.39. The maximum atomic E-state index is 11.7. The Bertz CT molecular complexity index is 269. The van der Waals surface area contributed by atoms with Gasteiger partial charge in [-0.3, -0.25) is 9.59 Å². The van der Waals surface area contributed by atoms with Crippen LogP contribution in [0.3, 0.4) is 0 Å². The molecule has 0 aromatic carbocycles. The number of aliphatic hydroxyl groups excluding tert-OH is 1. The minimum absolute atomic E-state index is 0.00579. The number of aliphatic hydroxyl groups is 1. The van der Waals surface area contributed by atoms with Crippen molar-refractivity contribution in [2.45, 2.75) is 6.04 Å². The van der Waals surface area contributed by atoms with Gasteiger partial charge >= 0.3 is 0 Å². The van der Waals surface area contributed by atoms with Crippen molar-refractivity contribution < 1.29 is 14.7 Å². The molecule has 6 nitrogen and oxygen atoms in total. The number of piperazine rings is 2. The minimum Gasteiger partial charge on any atom is -0.376 e. The van der Waals surface area contributed by atoms with E-state index in [1.54, 1.807) is 4.90 Å². The Morgan fingerprint density at radius 2 is 2.29 bits per heavy atom. The second-order valence-corrected chi connectivity index (χ2v) is 3.48. The first-order valence-corrected chi connectivity index (χ1v) is 4.64. The molecular weight excluding hydrogens is 186 g/mol. The molecule has 2 saturated heterocycles. The Morgan fingerprint density at radius 3 is 3.00 bits per heavy atom. The van der Waals surface area contributed by atoms with Crippen molar-refractivity contribution in [2.75, 3.05) is 32.9 Å². The summed E-state index contributed by atoms with van der Waals surface area (Å²) in [5, 5.41) is 11.9. The molecule has 2 aliphatic heterocycles. The van der Waals surface area contributed by atoms with Gasteiger partial charge in [0.2, 0.25) is 11.8 Å². The van der Waals surface area contributed by atoms with E-state index in [2.05, 4.69) is 5.32 Å². The average molecular weight is 199 g/mol. The van der Waals surface area contributed by atoms with Gasteiger partial charge in [-0.25, -0.2) is 0 Å². The highest BCUT2D eigenvalue weighted by Gasteiger charge is 2.39. The summed E-state index contributed by atoms with van der Waals surface area (Å²) in [7, 11) is 0. The molecule has 2 N–H and O–H groups in total. The highest BCUT2D eigenvalue weighted by Crippen LogP contribution is 2.13. The lowest BCUT2D eigenvalue weighted by Crippen LogP contribution is -2.66. The zero-order chi connectivity index (χ0) is 10.1. The molecular formula is C8H13N3O3. The predicted molar refractivity (Wildman–Crippen MR) is 47.2 cm³/mol. The largest absolute Gasteiger partial charge is 0.376 e. The highest BCUT2D eigenvalue weighted by atomic mass is 16.3. The van der Waals surface area contributed by atoms with Gasteiger partial charge in [-0.05, 0) is 0 Å².